The monoisotopic (exact) mass is 356 g/mol. The van der Waals surface area contributed by atoms with Crippen molar-refractivity contribution in [3.05, 3.63) is 59.7 Å². The van der Waals surface area contributed by atoms with Crippen LogP contribution in [0.25, 0.3) is 0 Å². The topological polar surface area (TPSA) is 86.2 Å². The number of benzene rings is 2. The van der Waals surface area contributed by atoms with E-state index in [0.717, 1.165) is 5.56 Å². The molecule has 2 aromatic rings. The molecule has 0 unspecified atom stereocenters. The lowest BCUT2D eigenvalue weighted by Crippen LogP contribution is -2.17. The van der Waals surface area contributed by atoms with E-state index in [9.17, 15) is 9.59 Å². The van der Waals surface area contributed by atoms with Crippen LogP contribution in [0, 0.1) is 0 Å². The number of methoxy groups -OCH3 is 2. The quantitative estimate of drug-likeness (QED) is 0.357. The average molecular weight is 356 g/mol. The van der Waals surface area contributed by atoms with Gasteiger partial charge in [0.05, 0.1) is 20.4 Å². The molecule has 0 aliphatic rings. The normalized spacial score (nSPS) is 10.4. The second-order valence-corrected chi connectivity index (χ2v) is 5.25. The van der Waals surface area contributed by atoms with E-state index in [1.807, 2.05) is 30.3 Å². The van der Waals surface area contributed by atoms with Gasteiger partial charge in [0.15, 0.2) is 11.5 Å². The third-order valence-corrected chi connectivity index (χ3v) is 3.43. The molecular weight excluding hydrogens is 336 g/mol. The number of rotatable bonds is 7. The molecule has 0 heterocycles. The van der Waals surface area contributed by atoms with Gasteiger partial charge in [0.2, 0.25) is 5.91 Å². The fourth-order valence-electron chi connectivity index (χ4n) is 2.12. The maximum atomic E-state index is 11.8. The number of ether oxygens (including phenoxy) is 3. The number of nitrogens with one attached hydrogen (secondary N) is 1. The molecule has 7 nitrogen and oxygen atoms in total. The SMILES string of the molecule is COC(=O)Oc1ccc(/C=N\NC(=O)CCc2ccccc2)cc1OC. The first-order valence-corrected chi connectivity index (χ1v) is 7.92. The molecule has 0 aliphatic carbocycles. The Bertz CT molecular complexity index is 775. The average Bonchev–Trinajstić information content (AvgIpc) is 2.68. The number of hydrazone groups is 1. The summed E-state index contributed by atoms with van der Waals surface area (Å²) in [6, 6.07) is 14.6. The van der Waals surface area contributed by atoms with E-state index in [1.165, 1.54) is 20.4 Å². The van der Waals surface area contributed by atoms with Crippen molar-refractivity contribution >= 4 is 18.3 Å². The predicted molar refractivity (Wildman–Crippen MR) is 96.5 cm³/mol. The summed E-state index contributed by atoms with van der Waals surface area (Å²) >= 11 is 0. The van der Waals surface area contributed by atoms with Crippen molar-refractivity contribution in [3.63, 3.8) is 0 Å². The fourth-order valence-corrected chi connectivity index (χ4v) is 2.12. The van der Waals surface area contributed by atoms with Gasteiger partial charge >= 0.3 is 6.16 Å². The highest BCUT2D eigenvalue weighted by molar-refractivity contribution is 5.83. The van der Waals surface area contributed by atoms with Crippen molar-refractivity contribution in [2.24, 2.45) is 5.10 Å². The Labute approximate surface area is 151 Å². The van der Waals surface area contributed by atoms with Gasteiger partial charge in [-0.1, -0.05) is 30.3 Å². The van der Waals surface area contributed by atoms with Crippen LogP contribution in [-0.2, 0) is 16.0 Å². The molecule has 0 aliphatic heterocycles. The summed E-state index contributed by atoms with van der Waals surface area (Å²) in [6.45, 7) is 0. The Morgan fingerprint density at radius 3 is 2.54 bits per heavy atom. The van der Waals surface area contributed by atoms with E-state index < -0.39 is 6.16 Å². The lowest BCUT2D eigenvalue weighted by molar-refractivity contribution is -0.121. The van der Waals surface area contributed by atoms with Gasteiger partial charge in [-0.2, -0.15) is 5.10 Å². The van der Waals surface area contributed by atoms with E-state index in [-0.39, 0.29) is 11.7 Å². The third-order valence-electron chi connectivity index (χ3n) is 3.43. The lowest BCUT2D eigenvalue weighted by atomic mass is 10.1. The van der Waals surface area contributed by atoms with Gasteiger partial charge in [-0.3, -0.25) is 4.79 Å². The van der Waals surface area contributed by atoms with Crippen molar-refractivity contribution in [2.75, 3.05) is 14.2 Å². The Morgan fingerprint density at radius 2 is 1.85 bits per heavy atom. The summed E-state index contributed by atoms with van der Waals surface area (Å²) in [5, 5.41) is 3.92. The van der Waals surface area contributed by atoms with E-state index in [4.69, 9.17) is 9.47 Å². The summed E-state index contributed by atoms with van der Waals surface area (Å²) < 4.78 is 14.6. The number of hydrogen-bond acceptors (Lipinski definition) is 6. The Hall–Kier alpha value is -3.35. The lowest BCUT2D eigenvalue weighted by Gasteiger charge is -2.08. The minimum atomic E-state index is -0.838. The largest absolute Gasteiger partial charge is 0.513 e. The second-order valence-electron chi connectivity index (χ2n) is 5.25. The van der Waals surface area contributed by atoms with Crippen LogP contribution in [0.2, 0.25) is 0 Å². The first-order valence-electron chi connectivity index (χ1n) is 7.92. The minimum absolute atomic E-state index is 0.178. The molecule has 26 heavy (non-hydrogen) atoms. The van der Waals surface area contributed by atoms with Gasteiger partial charge in [-0.25, -0.2) is 10.2 Å². The van der Waals surface area contributed by atoms with Crippen LogP contribution >= 0.6 is 0 Å². The zero-order valence-electron chi connectivity index (χ0n) is 14.6. The smallest absolute Gasteiger partial charge is 0.493 e. The summed E-state index contributed by atoms with van der Waals surface area (Å²) in [5.74, 6) is 0.390. The van der Waals surface area contributed by atoms with Crippen LogP contribution in [0.1, 0.15) is 17.5 Å². The highest BCUT2D eigenvalue weighted by atomic mass is 16.7. The molecule has 0 atom stereocenters. The summed E-state index contributed by atoms with van der Waals surface area (Å²) in [4.78, 5) is 23.0. The van der Waals surface area contributed by atoms with Crippen LogP contribution in [0.15, 0.2) is 53.6 Å². The first-order chi connectivity index (χ1) is 12.6. The van der Waals surface area contributed by atoms with Crippen molar-refractivity contribution < 1.29 is 23.8 Å². The maximum absolute atomic E-state index is 11.8. The van der Waals surface area contributed by atoms with E-state index in [0.29, 0.717) is 24.2 Å². The summed E-state index contributed by atoms with van der Waals surface area (Å²) in [7, 11) is 2.67. The molecule has 7 heteroatoms. The van der Waals surface area contributed by atoms with E-state index >= 15 is 0 Å². The number of aryl methyl sites for hydroxylation is 1. The minimum Gasteiger partial charge on any atom is -0.493 e. The molecule has 2 aromatic carbocycles. The molecule has 1 amide bonds. The third kappa shape index (κ3) is 5.94. The van der Waals surface area contributed by atoms with Crippen LogP contribution in [0.5, 0.6) is 11.5 Å². The molecule has 0 bridgehead atoms. The van der Waals surface area contributed by atoms with Crippen molar-refractivity contribution in [2.45, 2.75) is 12.8 Å². The zero-order valence-corrected chi connectivity index (χ0v) is 14.6. The second kappa shape index (κ2) is 9.83. The number of amides is 1. The van der Waals surface area contributed by atoms with E-state index in [2.05, 4.69) is 15.3 Å². The molecule has 0 radical (unpaired) electrons. The van der Waals surface area contributed by atoms with Crippen LogP contribution in [-0.4, -0.2) is 32.5 Å². The molecular formula is C19H20N2O5. The predicted octanol–water partition coefficient (Wildman–Crippen LogP) is 2.92. The van der Waals surface area contributed by atoms with Gasteiger partial charge in [0.1, 0.15) is 0 Å². The van der Waals surface area contributed by atoms with Gasteiger partial charge in [0, 0.05) is 6.42 Å². The molecule has 2 rings (SSSR count). The Morgan fingerprint density at radius 1 is 1.08 bits per heavy atom. The molecule has 0 aromatic heterocycles. The molecule has 0 saturated carbocycles. The first kappa shape index (κ1) is 19.0. The highest BCUT2D eigenvalue weighted by Gasteiger charge is 2.10. The van der Waals surface area contributed by atoms with Gasteiger partial charge in [0.25, 0.3) is 0 Å². The van der Waals surface area contributed by atoms with Crippen LogP contribution < -0.4 is 14.9 Å². The molecule has 0 saturated heterocycles. The maximum Gasteiger partial charge on any atom is 0.513 e. The van der Waals surface area contributed by atoms with E-state index in [1.54, 1.807) is 18.2 Å². The molecule has 1 N–H and O–H groups in total. The summed E-state index contributed by atoms with van der Waals surface area (Å²) in [6.07, 6.45) is 1.63. The Balaban J connectivity index is 1.89. The van der Waals surface area contributed by atoms with Crippen molar-refractivity contribution in [1.29, 1.82) is 0 Å². The highest BCUT2D eigenvalue weighted by Crippen LogP contribution is 2.27. The molecule has 0 spiro atoms. The number of nitrogens with zero attached hydrogens (tertiary/aromatic N) is 1. The molecule has 0 fully saturated rings. The summed E-state index contributed by atoms with van der Waals surface area (Å²) in [5.41, 5.74) is 4.24. The standard InChI is InChI=1S/C19H20N2O5/c1-24-17-12-15(8-10-16(17)26-19(23)25-2)13-20-21-18(22)11-9-14-6-4-3-5-7-14/h3-8,10,12-13H,9,11H2,1-2H3,(H,21,22)/b20-13-. The van der Waals surface area contributed by atoms with Gasteiger partial charge < -0.3 is 14.2 Å². The molecule has 136 valence electrons. The Kier molecular flexibility index (Phi) is 7.17. The van der Waals surface area contributed by atoms with Gasteiger partial charge in [-0.15, -0.1) is 0 Å². The number of carbonyl (C=O) groups is 2. The van der Waals surface area contributed by atoms with Crippen LogP contribution in [0.4, 0.5) is 4.79 Å². The zero-order chi connectivity index (χ0) is 18.8. The fraction of sp³-hybridized carbons (Fsp3) is 0.211. The van der Waals surface area contributed by atoms with Gasteiger partial charge in [-0.05, 0) is 35.7 Å². The van der Waals surface area contributed by atoms with Crippen LogP contribution in [0.3, 0.4) is 0 Å². The number of hydrogen-bond donors (Lipinski definition) is 1. The van der Waals surface area contributed by atoms with Crippen molar-refractivity contribution in [1.82, 2.24) is 5.43 Å². The van der Waals surface area contributed by atoms with Crippen molar-refractivity contribution in [3.8, 4) is 11.5 Å². The number of carbonyl (C=O) groups excluding carboxylic acids is 2.